The number of carbonyl (C=O) groups is 2. The van der Waals surface area contributed by atoms with Crippen LogP contribution in [-0.4, -0.2) is 42.5 Å². The molecule has 1 aromatic carbocycles. The summed E-state index contributed by atoms with van der Waals surface area (Å²) in [7, 11) is 3.08. The number of nitrogens with one attached hydrogen (secondary N) is 1. The lowest BCUT2D eigenvalue weighted by Gasteiger charge is -2.13. The summed E-state index contributed by atoms with van der Waals surface area (Å²) in [5.41, 5.74) is 1.81. The predicted molar refractivity (Wildman–Crippen MR) is 107 cm³/mol. The number of aryl methyl sites for hydroxylation is 1. The van der Waals surface area contributed by atoms with Crippen LogP contribution in [0.4, 0.5) is 9.52 Å². The van der Waals surface area contributed by atoms with Gasteiger partial charge in [0.15, 0.2) is 5.13 Å². The number of anilines is 1. The minimum atomic E-state index is -0.460. The Bertz CT molecular complexity index is 1010. The van der Waals surface area contributed by atoms with E-state index in [9.17, 15) is 14.0 Å². The molecule has 7 nitrogen and oxygen atoms in total. The number of benzene rings is 1. The smallest absolute Gasteiger partial charge is 0.341 e. The molecule has 29 heavy (non-hydrogen) atoms. The van der Waals surface area contributed by atoms with Crippen LogP contribution in [-0.2, 0) is 16.1 Å². The van der Waals surface area contributed by atoms with Gasteiger partial charge in [0.2, 0.25) is 5.91 Å². The van der Waals surface area contributed by atoms with Gasteiger partial charge in [-0.2, -0.15) is 0 Å². The maximum atomic E-state index is 13.0. The largest absolute Gasteiger partial charge is 0.465 e. The first-order chi connectivity index (χ1) is 13.9. The summed E-state index contributed by atoms with van der Waals surface area (Å²) in [6, 6.07) is 7.62. The van der Waals surface area contributed by atoms with Crippen molar-refractivity contribution < 1.29 is 23.1 Å². The van der Waals surface area contributed by atoms with Crippen LogP contribution in [0.5, 0.6) is 0 Å². The standard InChI is InChI=1S/C20H20FN3O4S/c1-12-16(19(26)27-3)8-15(28-12)9-24(2)10-18(25)23-20-22-17(11-29-20)13-4-6-14(21)7-5-13/h4-8,11H,9-10H2,1-3H3,(H,22,23,25). The zero-order valence-electron chi connectivity index (χ0n) is 16.2. The highest BCUT2D eigenvalue weighted by Gasteiger charge is 2.17. The van der Waals surface area contributed by atoms with Crippen molar-refractivity contribution in [1.29, 1.82) is 0 Å². The number of aromatic nitrogens is 1. The molecule has 2 heterocycles. The van der Waals surface area contributed by atoms with Gasteiger partial charge in [0.25, 0.3) is 0 Å². The van der Waals surface area contributed by atoms with E-state index in [2.05, 4.69) is 10.3 Å². The minimum Gasteiger partial charge on any atom is -0.465 e. The normalized spacial score (nSPS) is 10.9. The number of hydrogen-bond acceptors (Lipinski definition) is 7. The number of ether oxygens (including phenoxy) is 1. The summed E-state index contributed by atoms with van der Waals surface area (Å²) in [5.74, 6) is 0.0282. The van der Waals surface area contributed by atoms with Gasteiger partial charge in [-0.15, -0.1) is 11.3 Å². The number of likely N-dealkylation sites (N-methyl/N-ethyl adjacent to an activating group) is 1. The number of amides is 1. The maximum Gasteiger partial charge on any atom is 0.341 e. The second-order valence-electron chi connectivity index (χ2n) is 6.44. The number of hydrogen-bond donors (Lipinski definition) is 1. The third kappa shape index (κ3) is 5.27. The molecule has 3 aromatic rings. The number of methoxy groups -OCH3 is 1. The molecule has 0 unspecified atom stereocenters. The highest BCUT2D eigenvalue weighted by Crippen LogP contribution is 2.25. The molecular formula is C20H20FN3O4S. The van der Waals surface area contributed by atoms with Gasteiger partial charge in [-0.1, -0.05) is 0 Å². The summed E-state index contributed by atoms with van der Waals surface area (Å²) >= 11 is 1.29. The van der Waals surface area contributed by atoms with Crippen LogP contribution in [0.2, 0.25) is 0 Å². The van der Waals surface area contributed by atoms with Gasteiger partial charge in [-0.25, -0.2) is 14.2 Å². The van der Waals surface area contributed by atoms with Crippen molar-refractivity contribution in [3.63, 3.8) is 0 Å². The van der Waals surface area contributed by atoms with Gasteiger partial charge in [0, 0.05) is 10.9 Å². The first-order valence-corrected chi connectivity index (χ1v) is 9.61. The SMILES string of the molecule is COC(=O)c1cc(CN(C)CC(=O)Nc2nc(-c3ccc(F)cc3)cs2)oc1C. The van der Waals surface area contributed by atoms with Crippen molar-refractivity contribution in [1.82, 2.24) is 9.88 Å². The summed E-state index contributed by atoms with van der Waals surface area (Å²) in [5, 5.41) is 5.01. The number of halogens is 1. The molecule has 0 aliphatic rings. The zero-order chi connectivity index (χ0) is 21.0. The van der Waals surface area contributed by atoms with E-state index in [-0.39, 0.29) is 18.3 Å². The zero-order valence-corrected chi connectivity index (χ0v) is 17.0. The number of furan rings is 1. The van der Waals surface area contributed by atoms with E-state index in [1.165, 1.54) is 30.6 Å². The first-order valence-electron chi connectivity index (χ1n) is 8.73. The van der Waals surface area contributed by atoms with Crippen LogP contribution >= 0.6 is 11.3 Å². The second-order valence-corrected chi connectivity index (χ2v) is 7.30. The van der Waals surface area contributed by atoms with Crippen LogP contribution in [0.1, 0.15) is 21.9 Å². The van der Waals surface area contributed by atoms with E-state index in [1.807, 2.05) is 0 Å². The van der Waals surface area contributed by atoms with Crippen LogP contribution in [0.25, 0.3) is 11.3 Å². The summed E-state index contributed by atoms with van der Waals surface area (Å²) < 4.78 is 23.3. The Morgan fingerprint density at radius 1 is 1.31 bits per heavy atom. The fourth-order valence-electron chi connectivity index (χ4n) is 2.74. The molecule has 1 amide bonds. The molecule has 0 saturated carbocycles. The number of nitrogens with zero attached hydrogens (tertiary/aromatic N) is 2. The van der Waals surface area contributed by atoms with E-state index in [4.69, 9.17) is 9.15 Å². The molecule has 0 radical (unpaired) electrons. The summed E-state index contributed by atoms with van der Waals surface area (Å²) in [4.78, 5) is 30.1. The molecule has 3 rings (SSSR count). The third-order valence-corrected chi connectivity index (χ3v) is 4.86. The second kappa shape index (κ2) is 8.97. The van der Waals surface area contributed by atoms with Gasteiger partial charge in [-0.3, -0.25) is 9.69 Å². The summed E-state index contributed by atoms with van der Waals surface area (Å²) in [6.45, 7) is 2.15. The van der Waals surface area contributed by atoms with E-state index in [1.54, 1.807) is 42.5 Å². The van der Waals surface area contributed by atoms with Gasteiger partial charge in [-0.05, 0) is 44.3 Å². The molecule has 0 atom stereocenters. The average Bonchev–Trinajstić information content (AvgIpc) is 3.28. The molecule has 1 N–H and O–H groups in total. The lowest BCUT2D eigenvalue weighted by atomic mass is 10.2. The molecule has 152 valence electrons. The van der Waals surface area contributed by atoms with Gasteiger partial charge < -0.3 is 14.5 Å². The third-order valence-electron chi connectivity index (χ3n) is 4.10. The molecule has 9 heteroatoms. The Balaban J connectivity index is 1.55. The Morgan fingerprint density at radius 2 is 2.03 bits per heavy atom. The maximum absolute atomic E-state index is 13.0. The molecule has 0 aliphatic heterocycles. The molecule has 0 fully saturated rings. The molecule has 2 aromatic heterocycles. The molecule has 0 saturated heterocycles. The number of carbonyl (C=O) groups excluding carboxylic acids is 2. The highest BCUT2D eigenvalue weighted by atomic mass is 32.1. The minimum absolute atomic E-state index is 0.110. The first kappa shape index (κ1) is 20.7. The fourth-order valence-corrected chi connectivity index (χ4v) is 3.48. The molecule has 0 spiro atoms. The fraction of sp³-hybridized carbons (Fsp3) is 0.250. The summed E-state index contributed by atoms with van der Waals surface area (Å²) in [6.07, 6.45) is 0. The Morgan fingerprint density at radius 3 is 2.72 bits per heavy atom. The molecule has 0 aliphatic carbocycles. The topological polar surface area (TPSA) is 84.7 Å². The lowest BCUT2D eigenvalue weighted by molar-refractivity contribution is -0.117. The monoisotopic (exact) mass is 417 g/mol. The van der Waals surface area contributed by atoms with E-state index < -0.39 is 5.97 Å². The van der Waals surface area contributed by atoms with Crippen LogP contribution in [0.3, 0.4) is 0 Å². The van der Waals surface area contributed by atoms with E-state index in [0.717, 1.165) is 5.56 Å². The Kier molecular flexibility index (Phi) is 6.40. The van der Waals surface area contributed by atoms with E-state index >= 15 is 0 Å². The number of thiazole rings is 1. The van der Waals surface area contributed by atoms with Crippen molar-refractivity contribution in [3.05, 3.63) is 58.6 Å². The lowest BCUT2D eigenvalue weighted by Crippen LogP contribution is -2.29. The van der Waals surface area contributed by atoms with Crippen LogP contribution < -0.4 is 5.32 Å². The van der Waals surface area contributed by atoms with Crippen molar-refractivity contribution in [3.8, 4) is 11.3 Å². The van der Waals surface area contributed by atoms with Crippen molar-refractivity contribution in [2.45, 2.75) is 13.5 Å². The average molecular weight is 417 g/mol. The quantitative estimate of drug-likeness (QED) is 0.590. The van der Waals surface area contributed by atoms with Crippen LogP contribution in [0, 0.1) is 12.7 Å². The molecule has 0 bridgehead atoms. The van der Waals surface area contributed by atoms with Gasteiger partial charge in [0.1, 0.15) is 22.9 Å². The Hall–Kier alpha value is -3.04. The van der Waals surface area contributed by atoms with Gasteiger partial charge >= 0.3 is 5.97 Å². The van der Waals surface area contributed by atoms with Crippen molar-refractivity contribution >= 4 is 28.3 Å². The predicted octanol–water partition coefficient (Wildman–Crippen LogP) is 3.71. The number of esters is 1. The number of rotatable bonds is 7. The van der Waals surface area contributed by atoms with Gasteiger partial charge in [0.05, 0.1) is 25.9 Å². The van der Waals surface area contributed by atoms with Crippen molar-refractivity contribution in [2.24, 2.45) is 0 Å². The van der Waals surface area contributed by atoms with Crippen LogP contribution in [0.15, 0.2) is 40.1 Å². The highest BCUT2D eigenvalue weighted by molar-refractivity contribution is 7.14. The molecular weight excluding hydrogens is 397 g/mol. The Labute approximate surface area is 171 Å². The van der Waals surface area contributed by atoms with E-state index in [0.29, 0.717) is 34.5 Å². The van der Waals surface area contributed by atoms with Crippen molar-refractivity contribution in [2.75, 3.05) is 26.0 Å².